The molecule has 2 amide bonds. The number of nitrogens with one attached hydrogen (secondary N) is 2. The Bertz CT molecular complexity index is 1050. The van der Waals surface area contributed by atoms with Crippen LogP contribution in [0, 0.1) is 0 Å². The zero-order chi connectivity index (χ0) is 20.8. The van der Waals surface area contributed by atoms with E-state index in [4.69, 9.17) is 13.9 Å². The smallest absolute Gasteiger partial charge is 0.420 e. The fraction of sp³-hybridized carbons (Fsp3) is 0.250. The normalized spacial score (nSPS) is 11.7. The minimum absolute atomic E-state index is 0.301. The zero-order valence-electron chi connectivity index (χ0n) is 16.0. The van der Waals surface area contributed by atoms with Crippen molar-refractivity contribution in [3.05, 3.63) is 59.1 Å². The molecule has 1 atom stereocenters. The minimum atomic E-state index is -0.856. The van der Waals surface area contributed by atoms with Crippen molar-refractivity contribution in [2.75, 3.05) is 6.61 Å². The molecule has 0 spiro atoms. The Hall–Kier alpha value is -3.75. The van der Waals surface area contributed by atoms with Crippen LogP contribution in [0.2, 0.25) is 0 Å². The predicted octanol–water partition coefficient (Wildman–Crippen LogP) is 1.61. The summed E-state index contributed by atoms with van der Waals surface area (Å²) in [5.74, 6) is -0.595. The third-order valence-corrected chi connectivity index (χ3v) is 4.02. The molecule has 1 aromatic heterocycles. The van der Waals surface area contributed by atoms with Crippen LogP contribution in [0.5, 0.6) is 11.5 Å². The number of fused-ring (bicyclic) bond motifs is 1. The molecule has 1 unspecified atom stereocenters. The summed E-state index contributed by atoms with van der Waals surface area (Å²) < 4.78 is 17.1. The molecular formula is C20H21N3O6. The second-order valence-electron chi connectivity index (χ2n) is 6.12. The number of nitrogens with zero attached hydrogens (tertiary/aromatic N) is 1. The quantitative estimate of drug-likeness (QED) is 0.584. The molecule has 0 saturated heterocycles. The number of oxazole rings is 1. The van der Waals surface area contributed by atoms with E-state index in [-0.39, 0.29) is 6.54 Å². The summed E-state index contributed by atoms with van der Waals surface area (Å²) in [6.45, 7) is 3.69. The molecule has 2 N–H and O–H groups in total. The average Bonchev–Trinajstić information content (AvgIpc) is 3.03. The van der Waals surface area contributed by atoms with E-state index in [9.17, 15) is 14.4 Å². The number of carbonyl (C=O) groups excluding carboxylic acids is 2. The molecule has 0 bridgehead atoms. The van der Waals surface area contributed by atoms with Gasteiger partial charge in [-0.1, -0.05) is 12.1 Å². The maximum atomic E-state index is 12.1. The van der Waals surface area contributed by atoms with Crippen molar-refractivity contribution < 1.29 is 23.5 Å². The van der Waals surface area contributed by atoms with Crippen molar-refractivity contribution >= 4 is 22.9 Å². The van der Waals surface area contributed by atoms with Crippen LogP contribution in [0.1, 0.15) is 13.8 Å². The fourth-order valence-electron chi connectivity index (χ4n) is 2.62. The lowest BCUT2D eigenvalue weighted by Crippen LogP contribution is -2.48. The highest BCUT2D eigenvalue weighted by atomic mass is 16.5. The number of hydrazine groups is 1. The highest BCUT2D eigenvalue weighted by Crippen LogP contribution is 2.18. The maximum Gasteiger partial charge on any atom is 0.420 e. The standard InChI is InChI=1S/C20H21N3O6/c1-3-27-14-8-10-15(11-9-14)28-13(2)19(25)22-21-18(24)12-23-16-6-4-5-7-17(16)29-20(23)26/h4-11,13H,3,12H2,1-2H3,(H,21,24)(H,22,25). The number of benzene rings is 2. The molecule has 0 fully saturated rings. The number of hydrogen-bond donors (Lipinski definition) is 2. The van der Waals surface area contributed by atoms with E-state index < -0.39 is 23.7 Å². The number of carbonyl (C=O) groups is 2. The molecule has 3 aromatic rings. The summed E-state index contributed by atoms with van der Waals surface area (Å²) >= 11 is 0. The number of para-hydroxylation sites is 2. The number of aromatic nitrogens is 1. The molecule has 152 valence electrons. The van der Waals surface area contributed by atoms with E-state index in [0.29, 0.717) is 29.2 Å². The largest absolute Gasteiger partial charge is 0.494 e. The average molecular weight is 399 g/mol. The summed E-state index contributed by atoms with van der Waals surface area (Å²) in [4.78, 5) is 36.1. The van der Waals surface area contributed by atoms with E-state index in [1.807, 2.05) is 6.92 Å². The van der Waals surface area contributed by atoms with Crippen molar-refractivity contribution in [1.29, 1.82) is 0 Å². The van der Waals surface area contributed by atoms with Gasteiger partial charge in [0.15, 0.2) is 11.7 Å². The Morgan fingerprint density at radius 2 is 1.76 bits per heavy atom. The molecule has 0 aliphatic heterocycles. The van der Waals surface area contributed by atoms with Gasteiger partial charge in [0.2, 0.25) is 0 Å². The predicted molar refractivity (Wildman–Crippen MR) is 104 cm³/mol. The van der Waals surface area contributed by atoms with Crippen LogP contribution in [0.15, 0.2) is 57.7 Å². The van der Waals surface area contributed by atoms with Gasteiger partial charge in [-0.15, -0.1) is 0 Å². The van der Waals surface area contributed by atoms with Gasteiger partial charge in [0, 0.05) is 0 Å². The van der Waals surface area contributed by atoms with Crippen LogP contribution in [-0.2, 0) is 16.1 Å². The molecule has 0 aliphatic carbocycles. The lowest BCUT2D eigenvalue weighted by molar-refractivity contribution is -0.133. The van der Waals surface area contributed by atoms with Gasteiger partial charge in [0.05, 0.1) is 12.1 Å². The second kappa shape index (κ2) is 8.96. The first-order valence-electron chi connectivity index (χ1n) is 9.04. The highest BCUT2D eigenvalue weighted by molar-refractivity contribution is 5.85. The van der Waals surface area contributed by atoms with Crippen LogP contribution < -0.4 is 26.1 Å². The Morgan fingerprint density at radius 3 is 2.48 bits per heavy atom. The van der Waals surface area contributed by atoms with Crippen LogP contribution in [0.4, 0.5) is 0 Å². The molecule has 0 saturated carbocycles. The van der Waals surface area contributed by atoms with Gasteiger partial charge < -0.3 is 13.9 Å². The minimum Gasteiger partial charge on any atom is -0.494 e. The zero-order valence-corrected chi connectivity index (χ0v) is 16.0. The van der Waals surface area contributed by atoms with Gasteiger partial charge in [0.1, 0.15) is 18.0 Å². The molecule has 29 heavy (non-hydrogen) atoms. The fourth-order valence-corrected chi connectivity index (χ4v) is 2.62. The number of rotatable bonds is 7. The summed E-state index contributed by atoms with van der Waals surface area (Å²) in [6.07, 6.45) is -0.856. The van der Waals surface area contributed by atoms with Crippen LogP contribution in [0.3, 0.4) is 0 Å². The van der Waals surface area contributed by atoms with Crippen molar-refractivity contribution in [2.24, 2.45) is 0 Å². The summed E-state index contributed by atoms with van der Waals surface area (Å²) in [5, 5.41) is 0. The Labute approximate surface area is 166 Å². The highest BCUT2D eigenvalue weighted by Gasteiger charge is 2.17. The van der Waals surface area contributed by atoms with Gasteiger partial charge in [-0.05, 0) is 50.2 Å². The molecule has 9 heteroatoms. The van der Waals surface area contributed by atoms with Gasteiger partial charge >= 0.3 is 5.76 Å². The van der Waals surface area contributed by atoms with Gasteiger partial charge in [-0.25, -0.2) is 4.79 Å². The van der Waals surface area contributed by atoms with Crippen molar-refractivity contribution in [2.45, 2.75) is 26.5 Å². The number of ether oxygens (including phenoxy) is 2. The van der Waals surface area contributed by atoms with Gasteiger partial charge in [-0.2, -0.15) is 0 Å². The maximum absolute atomic E-state index is 12.1. The molecule has 0 aliphatic rings. The Balaban J connectivity index is 1.52. The third kappa shape index (κ3) is 4.95. The first-order chi connectivity index (χ1) is 14.0. The molecule has 2 aromatic carbocycles. The van der Waals surface area contributed by atoms with Gasteiger partial charge in [0.25, 0.3) is 11.8 Å². The van der Waals surface area contributed by atoms with E-state index in [0.717, 1.165) is 0 Å². The van der Waals surface area contributed by atoms with Crippen molar-refractivity contribution in [3.8, 4) is 11.5 Å². The van der Waals surface area contributed by atoms with Crippen LogP contribution >= 0.6 is 0 Å². The third-order valence-electron chi connectivity index (χ3n) is 4.02. The van der Waals surface area contributed by atoms with Crippen molar-refractivity contribution in [3.63, 3.8) is 0 Å². The van der Waals surface area contributed by atoms with E-state index >= 15 is 0 Å². The van der Waals surface area contributed by atoms with Crippen LogP contribution in [-0.4, -0.2) is 29.1 Å². The molecule has 1 heterocycles. The summed E-state index contributed by atoms with van der Waals surface area (Å²) in [6, 6.07) is 13.6. The van der Waals surface area contributed by atoms with Crippen molar-refractivity contribution in [1.82, 2.24) is 15.4 Å². The monoisotopic (exact) mass is 399 g/mol. The van der Waals surface area contributed by atoms with E-state index in [2.05, 4.69) is 10.9 Å². The second-order valence-corrected chi connectivity index (χ2v) is 6.12. The number of amides is 2. The lowest BCUT2D eigenvalue weighted by atomic mass is 10.3. The lowest BCUT2D eigenvalue weighted by Gasteiger charge is -2.15. The number of hydrogen-bond acceptors (Lipinski definition) is 6. The Morgan fingerprint density at radius 1 is 1.07 bits per heavy atom. The van der Waals surface area contributed by atoms with E-state index in [1.165, 1.54) is 4.57 Å². The summed E-state index contributed by atoms with van der Waals surface area (Å²) in [5.41, 5.74) is 5.42. The first kappa shape index (κ1) is 20.0. The molecule has 0 radical (unpaired) electrons. The first-order valence-corrected chi connectivity index (χ1v) is 9.04. The van der Waals surface area contributed by atoms with E-state index in [1.54, 1.807) is 55.5 Å². The van der Waals surface area contributed by atoms with Gasteiger partial charge in [-0.3, -0.25) is 25.0 Å². The van der Waals surface area contributed by atoms with Crippen LogP contribution in [0.25, 0.3) is 11.1 Å². The molecular weight excluding hydrogens is 378 g/mol. The topological polar surface area (TPSA) is 112 Å². The summed E-state index contributed by atoms with van der Waals surface area (Å²) in [7, 11) is 0. The molecule has 3 rings (SSSR count). The molecule has 9 nitrogen and oxygen atoms in total. The SMILES string of the molecule is CCOc1ccc(OC(C)C(=O)NNC(=O)Cn2c(=O)oc3ccccc32)cc1. The Kier molecular flexibility index (Phi) is 6.18.